The van der Waals surface area contributed by atoms with Gasteiger partial charge in [-0.05, 0) is 48.7 Å². The lowest BCUT2D eigenvalue weighted by molar-refractivity contribution is 0.264. The molecular weight excluding hydrogens is 272 g/mol. The first-order valence-electron chi connectivity index (χ1n) is 8.62. The minimum Gasteiger partial charge on any atom is -0.384 e. The second-order valence-electron chi connectivity index (χ2n) is 7.33. The number of aliphatic imine (C=N–C) groups is 1. The summed E-state index contributed by atoms with van der Waals surface area (Å²) in [5, 5.41) is 0. The van der Waals surface area contributed by atoms with E-state index in [0.29, 0.717) is 11.8 Å². The molecule has 1 aliphatic heterocycles. The predicted molar refractivity (Wildman–Crippen MR) is 91.6 cm³/mol. The predicted octanol–water partition coefficient (Wildman–Crippen LogP) is 3.49. The van der Waals surface area contributed by atoms with Crippen LogP contribution in [0.2, 0.25) is 0 Å². The van der Waals surface area contributed by atoms with Gasteiger partial charge in [0.1, 0.15) is 5.84 Å². The maximum atomic E-state index is 6.01. The molecule has 3 rings (SSSR count). The summed E-state index contributed by atoms with van der Waals surface area (Å²) < 4.78 is 2.24. The molecule has 1 saturated carbocycles. The number of hydrogen-bond acceptors (Lipinski definition) is 3. The fourth-order valence-corrected chi connectivity index (χ4v) is 3.57. The van der Waals surface area contributed by atoms with Crippen LogP contribution in [-0.4, -0.2) is 21.9 Å². The zero-order chi connectivity index (χ0) is 15.5. The van der Waals surface area contributed by atoms with Crippen molar-refractivity contribution in [2.24, 2.45) is 28.5 Å². The molecule has 2 N–H and O–H groups in total. The highest BCUT2D eigenvalue weighted by Crippen LogP contribution is 2.29. The van der Waals surface area contributed by atoms with Gasteiger partial charge in [-0.15, -0.1) is 0 Å². The van der Waals surface area contributed by atoms with E-state index in [4.69, 9.17) is 5.73 Å². The molecule has 0 aromatic carbocycles. The molecule has 1 aromatic rings. The molecule has 1 fully saturated rings. The minimum absolute atomic E-state index is 0.574. The van der Waals surface area contributed by atoms with E-state index in [9.17, 15) is 0 Å². The van der Waals surface area contributed by atoms with E-state index in [1.807, 2.05) is 6.33 Å². The number of nitrogens with zero attached hydrogens (tertiary/aromatic N) is 3. The molecule has 0 radical (unpaired) electrons. The van der Waals surface area contributed by atoms with E-state index in [1.54, 1.807) is 0 Å². The Morgan fingerprint density at radius 1 is 1.23 bits per heavy atom. The van der Waals surface area contributed by atoms with Crippen LogP contribution in [0.4, 0.5) is 0 Å². The van der Waals surface area contributed by atoms with E-state index in [-0.39, 0.29) is 0 Å². The third-order valence-electron chi connectivity index (χ3n) is 5.05. The van der Waals surface area contributed by atoms with Crippen molar-refractivity contribution < 1.29 is 0 Å². The van der Waals surface area contributed by atoms with Crippen molar-refractivity contribution in [1.29, 1.82) is 0 Å². The van der Waals surface area contributed by atoms with Gasteiger partial charge in [-0.3, -0.25) is 4.99 Å². The summed E-state index contributed by atoms with van der Waals surface area (Å²) in [7, 11) is 0. The normalized spacial score (nSPS) is 31.3. The summed E-state index contributed by atoms with van der Waals surface area (Å²) in [6.07, 6.45) is 12.7. The summed E-state index contributed by atoms with van der Waals surface area (Å²) in [6, 6.07) is 0. The largest absolute Gasteiger partial charge is 0.384 e. The lowest BCUT2D eigenvalue weighted by Gasteiger charge is -2.26. The Kier molecular flexibility index (Phi) is 4.65. The van der Waals surface area contributed by atoms with Gasteiger partial charge < -0.3 is 10.3 Å². The van der Waals surface area contributed by atoms with Gasteiger partial charge in [0.25, 0.3) is 0 Å². The Bertz CT molecular complexity index is 561. The Hall–Kier alpha value is -1.58. The van der Waals surface area contributed by atoms with Crippen LogP contribution in [0.25, 0.3) is 6.08 Å². The summed E-state index contributed by atoms with van der Waals surface area (Å²) in [5.74, 6) is 2.99. The lowest BCUT2D eigenvalue weighted by atomic mass is 9.83. The first kappa shape index (κ1) is 15.3. The molecule has 0 saturated heterocycles. The van der Waals surface area contributed by atoms with Gasteiger partial charge in [0, 0.05) is 19.3 Å². The van der Waals surface area contributed by atoms with Crippen LogP contribution >= 0.6 is 0 Å². The quantitative estimate of drug-likeness (QED) is 0.929. The van der Waals surface area contributed by atoms with Gasteiger partial charge in [-0.25, -0.2) is 4.98 Å². The monoisotopic (exact) mass is 300 g/mol. The lowest BCUT2D eigenvalue weighted by Crippen LogP contribution is -2.23. The van der Waals surface area contributed by atoms with E-state index < -0.39 is 0 Å². The van der Waals surface area contributed by atoms with Crippen molar-refractivity contribution in [2.45, 2.75) is 52.5 Å². The number of aromatic nitrogens is 2. The van der Waals surface area contributed by atoms with Gasteiger partial charge >= 0.3 is 0 Å². The Labute approximate surface area is 133 Å². The first-order chi connectivity index (χ1) is 10.6. The summed E-state index contributed by atoms with van der Waals surface area (Å²) >= 11 is 0. The molecule has 2 heterocycles. The summed E-state index contributed by atoms with van der Waals surface area (Å²) in [6.45, 7) is 6.53. The zero-order valence-corrected chi connectivity index (χ0v) is 13.8. The first-order valence-corrected chi connectivity index (χ1v) is 8.62. The van der Waals surface area contributed by atoms with Gasteiger partial charge in [0.2, 0.25) is 0 Å². The summed E-state index contributed by atoms with van der Waals surface area (Å²) in [4.78, 5) is 8.91. The Morgan fingerprint density at radius 2 is 2.00 bits per heavy atom. The molecule has 0 unspecified atom stereocenters. The van der Waals surface area contributed by atoms with Crippen molar-refractivity contribution in [3.05, 3.63) is 23.8 Å². The van der Waals surface area contributed by atoms with Crippen LogP contribution in [0, 0.1) is 17.8 Å². The zero-order valence-electron chi connectivity index (χ0n) is 13.8. The molecule has 0 spiro atoms. The summed E-state index contributed by atoms with van der Waals surface area (Å²) in [5.41, 5.74) is 8.15. The van der Waals surface area contributed by atoms with E-state index in [1.165, 1.54) is 25.7 Å². The van der Waals surface area contributed by atoms with Gasteiger partial charge in [-0.2, -0.15) is 0 Å². The van der Waals surface area contributed by atoms with Crippen molar-refractivity contribution in [1.82, 2.24) is 9.55 Å². The maximum absolute atomic E-state index is 6.01. The highest BCUT2D eigenvalue weighted by Gasteiger charge is 2.19. The average molecular weight is 300 g/mol. The molecule has 0 bridgehead atoms. The molecule has 4 nitrogen and oxygen atoms in total. The van der Waals surface area contributed by atoms with Gasteiger partial charge in [-0.1, -0.05) is 26.7 Å². The number of rotatable bonds is 3. The highest BCUT2D eigenvalue weighted by atomic mass is 15.0. The third kappa shape index (κ3) is 3.79. The molecule has 2 aliphatic rings. The van der Waals surface area contributed by atoms with Crippen LogP contribution in [0.5, 0.6) is 0 Å². The van der Waals surface area contributed by atoms with Crippen LogP contribution in [-0.2, 0) is 6.54 Å². The van der Waals surface area contributed by atoms with Crippen molar-refractivity contribution in [3.63, 3.8) is 0 Å². The average Bonchev–Trinajstić information content (AvgIpc) is 2.93. The van der Waals surface area contributed by atoms with E-state index >= 15 is 0 Å². The van der Waals surface area contributed by atoms with Gasteiger partial charge in [0.05, 0.1) is 12.0 Å². The van der Waals surface area contributed by atoms with E-state index in [2.05, 4.69) is 40.7 Å². The molecule has 0 amide bonds. The fraction of sp³-hybridized carbons (Fsp3) is 0.667. The van der Waals surface area contributed by atoms with Gasteiger partial charge in [0.15, 0.2) is 0 Å². The second kappa shape index (κ2) is 6.67. The molecule has 1 atom stereocenters. The topological polar surface area (TPSA) is 56.2 Å². The van der Waals surface area contributed by atoms with Crippen LogP contribution < -0.4 is 5.73 Å². The Balaban J connectivity index is 1.64. The van der Waals surface area contributed by atoms with E-state index in [0.717, 1.165) is 42.6 Å². The minimum atomic E-state index is 0.574. The second-order valence-corrected chi connectivity index (χ2v) is 7.33. The molecule has 1 aromatic heterocycles. The smallest absolute Gasteiger partial charge is 0.121 e. The molecule has 22 heavy (non-hydrogen) atoms. The van der Waals surface area contributed by atoms with Crippen LogP contribution in [0.15, 0.2) is 23.1 Å². The maximum Gasteiger partial charge on any atom is 0.121 e. The van der Waals surface area contributed by atoms with Crippen molar-refractivity contribution in [2.75, 3.05) is 6.54 Å². The number of imidazole rings is 1. The molecule has 4 heteroatoms. The number of hydrogen-bond donors (Lipinski definition) is 1. The standard InChI is InChI=1S/C18H28N4/c1-13-3-5-15(6-4-13)10-22-11-17(21-12-22)8-16-7-14(2)9-20-18(16)19/h8,11-15H,3-7,9-10H2,1-2H3,(H2,19,20)/b16-8+/t13?,14-,15?/m0/s1. The van der Waals surface area contributed by atoms with Crippen molar-refractivity contribution in [3.8, 4) is 0 Å². The number of amidine groups is 1. The van der Waals surface area contributed by atoms with Crippen molar-refractivity contribution >= 4 is 11.9 Å². The highest BCUT2D eigenvalue weighted by molar-refractivity contribution is 6.01. The third-order valence-corrected chi connectivity index (χ3v) is 5.05. The molecule has 1 aliphatic carbocycles. The molecule has 120 valence electrons. The molecular formula is C18H28N4. The Morgan fingerprint density at radius 3 is 2.77 bits per heavy atom. The fourth-order valence-electron chi connectivity index (χ4n) is 3.57. The van der Waals surface area contributed by atoms with Crippen LogP contribution in [0.1, 0.15) is 51.6 Å². The SMILES string of the molecule is CC1CCC(Cn2cnc(/C=C3\C[C@H](C)CN=C3N)c2)CC1. The number of nitrogens with two attached hydrogens (primary N) is 1. The van der Waals surface area contributed by atoms with Crippen LogP contribution in [0.3, 0.4) is 0 Å².